The Morgan fingerprint density at radius 2 is 1.76 bits per heavy atom. The van der Waals surface area contributed by atoms with E-state index in [1.54, 1.807) is 28.8 Å². The average Bonchev–Trinajstić information content (AvgIpc) is 3.40. The standard InChI is InChI=1S/C30H32N4O3.C2H7N.2ClH/c1-22-28(36-21-25-7-5-24(20-31)6-8-25)12-10-26-27(32-37-30(22)26)11-9-23-13-16-33(17-14-23)18-19-34-15-3-2-4-29(34)35;1-3-2;;/h2-8,10,12,15,23H,9,11,13-14,16-19,21H2,1H3;3H,1-2H3;2*1H. The van der Waals surface area contributed by atoms with E-state index in [9.17, 15) is 4.79 Å². The third-order valence-corrected chi connectivity index (χ3v) is 7.44. The Morgan fingerprint density at radius 1 is 1.05 bits per heavy atom. The molecule has 0 spiro atoms. The maximum absolute atomic E-state index is 11.9. The average molecular weight is 615 g/mol. The van der Waals surface area contributed by atoms with Gasteiger partial charge in [-0.1, -0.05) is 23.4 Å². The van der Waals surface area contributed by atoms with E-state index >= 15 is 0 Å². The molecular weight excluding hydrogens is 573 g/mol. The molecule has 0 atom stereocenters. The maximum Gasteiger partial charge on any atom is 0.250 e. The molecule has 0 amide bonds. The number of pyridine rings is 1. The van der Waals surface area contributed by atoms with Crippen molar-refractivity contribution in [1.29, 1.82) is 5.26 Å². The van der Waals surface area contributed by atoms with Gasteiger partial charge in [0.15, 0.2) is 5.58 Å². The number of halogens is 2. The summed E-state index contributed by atoms with van der Waals surface area (Å²) >= 11 is 0. The minimum atomic E-state index is 0. The number of nitrogens with zero attached hydrogens (tertiary/aromatic N) is 4. The molecule has 0 radical (unpaired) electrons. The molecule has 2 aromatic carbocycles. The minimum absolute atomic E-state index is 0. The molecular formula is C32H41Cl2N5O3. The highest BCUT2D eigenvalue weighted by molar-refractivity contribution is 5.86. The molecule has 2 aromatic heterocycles. The second kappa shape index (κ2) is 17.6. The largest absolute Gasteiger partial charge is 0.488 e. The van der Waals surface area contributed by atoms with Gasteiger partial charge in [0.1, 0.15) is 12.4 Å². The lowest BCUT2D eigenvalue weighted by Gasteiger charge is -2.32. The van der Waals surface area contributed by atoms with Gasteiger partial charge >= 0.3 is 0 Å². The first kappa shape index (κ1) is 34.8. The van der Waals surface area contributed by atoms with Crippen molar-refractivity contribution >= 4 is 35.8 Å². The van der Waals surface area contributed by atoms with Gasteiger partial charge < -0.3 is 24.0 Å². The van der Waals surface area contributed by atoms with Crippen LogP contribution < -0.4 is 15.6 Å². The summed E-state index contributed by atoms with van der Waals surface area (Å²) in [5.41, 5.74) is 4.48. The van der Waals surface area contributed by atoms with Crippen molar-refractivity contribution in [3.8, 4) is 11.8 Å². The molecule has 8 nitrogen and oxygen atoms in total. The van der Waals surface area contributed by atoms with Crippen LogP contribution in [0.25, 0.3) is 11.0 Å². The third-order valence-electron chi connectivity index (χ3n) is 7.44. The number of nitriles is 1. The number of hydrogen-bond acceptors (Lipinski definition) is 7. The van der Waals surface area contributed by atoms with E-state index < -0.39 is 0 Å². The van der Waals surface area contributed by atoms with Crippen LogP contribution in [-0.4, -0.2) is 48.4 Å². The van der Waals surface area contributed by atoms with Crippen molar-refractivity contribution in [3.63, 3.8) is 0 Å². The topological polar surface area (TPSA) is 96.3 Å². The zero-order chi connectivity index (χ0) is 28.3. The monoisotopic (exact) mass is 613 g/mol. The molecule has 5 rings (SSSR count). The Labute approximate surface area is 260 Å². The number of benzene rings is 2. The van der Waals surface area contributed by atoms with E-state index in [0.717, 1.165) is 72.6 Å². The first-order valence-corrected chi connectivity index (χ1v) is 14.0. The minimum Gasteiger partial charge on any atom is -0.488 e. The van der Waals surface area contributed by atoms with Crippen LogP contribution in [0.15, 0.2) is 70.1 Å². The zero-order valence-electron chi connectivity index (χ0n) is 24.5. The molecule has 1 fully saturated rings. The van der Waals surface area contributed by atoms with Crippen molar-refractivity contribution in [3.05, 3.63) is 93.5 Å². The van der Waals surface area contributed by atoms with Gasteiger partial charge in [0.05, 0.1) is 17.3 Å². The van der Waals surface area contributed by atoms with Gasteiger partial charge in [-0.05, 0) is 102 Å². The SMILES string of the molecule is CNC.Cc1c(OCc2ccc(C#N)cc2)ccc2c(CCC3CCN(CCn4ccccc4=O)CC3)noc12.Cl.Cl. The molecule has 226 valence electrons. The highest BCUT2D eigenvalue weighted by Gasteiger charge is 2.21. The van der Waals surface area contributed by atoms with E-state index in [0.29, 0.717) is 18.1 Å². The molecule has 0 unspecified atom stereocenters. The number of fused-ring (bicyclic) bond motifs is 1. The number of piperidine rings is 1. The second-order valence-electron chi connectivity index (χ2n) is 10.3. The van der Waals surface area contributed by atoms with Crippen LogP contribution in [0.1, 0.15) is 41.6 Å². The number of likely N-dealkylation sites (tertiary alicyclic amines) is 1. The Balaban J connectivity index is 0.00000118. The molecule has 0 saturated carbocycles. The van der Waals surface area contributed by atoms with Gasteiger partial charge in [-0.25, -0.2) is 0 Å². The Morgan fingerprint density at radius 3 is 2.43 bits per heavy atom. The molecule has 1 aliphatic rings. The molecule has 1 aliphatic heterocycles. The van der Waals surface area contributed by atoms with Crippen LogP contribution in [0, 0.1) is 24.2 Å². The lowest BCUT2D eigenvalue weighted by Crippen LogP contribution is -2.37. The number of aromatic nitrogens is 2. The highest BCUT2D eigenvalue weighted by Crippen LogP contribution is 2.31. The summed E-state index contributed by atoms with van der Waals surface area (Å²) in [6.07, 6.45) is 6.22. The number of aryl methyl sites for hydroxylation is 2. The number of nitrogens with one attached hydrogen (secondary N) is 1. The second-order valence-corrected chi connectivity index (χ2v) is 10.3. The smallest absolute Gasteiger partial charge is 0.250 e. The van der Waals surface area contributed by atoms with Crippen LogP contribution in [0.3, 0.4) is 0 Å². The normalized spacial score (nSPS) is 13.3. The third kappa shape index (κ3) is 9.33. The number of ether oxygens (including phenoxy) is 1. The Hall–Kier alpha value is -3.35. The highest BCUT2D eigenvalue weighted by atomic mass is 35.5. The number of hydrogen-bond donors (Lipinski definition) is 1. The van der Waals surface area contributed by atoms with Gasteiger partial charge in [0, 0.05) is 36.3 Å². The van der Waals surface area contributed by atoms with Crippen molar-refractivity contribution in [2.45, 2.75) is 45.8 Å². The molecule has 3 heterocycles. The van der Waals surface area contributed by atoms with Crippen LogP contribution in [0.2, 0.25) is 0 Å². The van der Waals surface area contributed by atoms with Gasteiger partial charge in [-0.3, -0.25) is 4.79 Å². The van der Waals surface area contributed by atoms with E-state index in [4.69, 9.17) is 14.5 Å². The van der Waals surface area contributed by atoms with Crippen molar-refractivity contribution in [2.75, 3.05) is 33.7 Å². The summed E-state index contributed by atoms with van der Waals surface area (Å²) in [7, 11) is 3.75. The first-order chi connectivity index (χ1) is 19.5. The van der Waals surface area contributed by atoms with E-state index in [1.165, 1.54) is 12.8 Å². The summed E-state index contributed by atoms with van der Waals surface area (Å²) in [4.78, 5) is 14.4. The summed E-state index contributed by atoms with van der Waals surface area (Å²) in [6.45, 7) is 6.24. The fraction of sp³-hybridized carbons (Fsp3) is 0.406. The fourth-order valence-electron chi connectivity index (χ4n) is 5.08. The summed E-state index contributed by atoms with van der Waals surface area (Å²) < 4.78 is 13.6. The van der Waals surface area contributed by atoms with Gasteiger partial charge in [0.2, 0.25) is 0 Å². The molecule has 42 heavy (non-hydrogen) atoms. The lowest BCUT2D eigenvalue weighted by molar-refractivity contribution is 0.173. The van der Waals surface area contributed by atoms with Crippen LogP contribution in [-0.2, 0) is 19.6 Å². The Bertz CT molecular complexity index is 1470. The molecule has 0 aliphatic carbocycles. The summed E-state index contributed by atoms with van der Waals surface area (Å²) in [6, 6.07) is 18.9. The molecule has 4 aromatic rings. The van der Waals surface area contributed by atoms with E-state index in [-0.39, 0.29) is 30.4 Å². The maximum atomic E-state index is 11.9. The van der Waals surface area contributed by atoms with Crippen molar-refractivity contribution in [2.24, 2.45) is 5.92 Å². The zero-order valence-corrected chi connectivity index (χ0v) is 26.2. The molecule has 0 bridgehead atoms. The summed E-state index contributed by atoms with van der Waals surface area (Å²) in [5, 5.41) is 17.2. The van der Waals surface area contributed by atoms with Crippen molar-refractivity contribution in [1.82, 2.24) is 19.9 Å². The van der Waals surface area contributed by atoms with Gasteiger partial charge in [-0.2, -0.15) is 5.26 Å². The van der Waals surface area contributed by atoms with E-state index in [1.807, 2.05) is 51.5 Å². The summed E-state index contributed by atoms with van der Waals surface area (Å²) in [5.74, 6) is 1.46. The molecule has 10 heteroatoms. The molecule has 1 N–H and O–H groups in total. The van der Waals surface area contributed by atoms with Gasteiger partial charge in [-0.15, -0.1) is 24.8 Å². The predicted octanol–water partition coefficient (Wildman–Crippen LogP) is 5.77. The lowest BCUT2D eigenvalue weighted by atomic mass is 9.91. The predicted molar refractivity (Wildman–Crippen MR) is 172 cm³/mol. The molecule has 1 saturated heterocycles. The van der Waals surface area contributed by atoms with Crippen molar-refractivity contribution < 1.29 is 9.26 Å². The first-order valence-electron chi connectivity index (χ1n) is 14.0. The van der Waals surface area contributed by atoms with E-state index in [2.05, 4.69) is 27.5 Å². The quantitative estimate of drug-likeness (QED) is 0.256. The van der Waals surface area contributed by atoms with Crippen LogP contribution in [0.4, 0.5) is 0 Å². The number of rotatable bonds is 9. The van der Waals surface area contributed by atoms with Gasteiger partial charge in [0.25, 0.3) is 5.56 Å². The fourth-order valence-corrected chi connectivity index (χ4v) is 5.08. The van der Waals surface area contributed by atoms with Crippen LogP contribution in [0.5, 0.6) is 5.75 Å². The van der Waals surface area contributed by atoms with Crippen LogP contribution >= 0.6 is 24.8 Å². The Kier molecular flexibility index (Phi) is 14.6.